The molecule has 7 nitrogen and oxygen atoms in total. The predicted octanol–water partition coefficient (Wildman–Crippen LogP) is -1.56. The summed E-state index contributed by atoms with van der Waals surface area (Å²) in [5, 5.41) is 45.0. The molecule has 96 valence electrons. The number of nitrogens with zero attached hydrogens (tertiary/aromatic N) is 3. The largest absolute Gasteiger partial charge is 0.396 e. The summed E-state index contributed by atoms with van der Waals surface area (Å²) in [5.74, 6) is 0. The van der Waals surface area contributed by atoms with Crippen molar-refractivity contribution in [2.45, 2.75) is 31.6 Å². The molecule has 0 unspecified atom stereocenters. The average molecular weight is 243 g/mol. The van der Waals surface area contributed by atoms with Crippen LogP contribution in [0.3, 0.4) is 0 Å². The minimum atomic E-state index is -0.678. The summed E-state index contributed by atoms with van der Waals surface area (Å²) in [6, 6.07) is -0.318. The first-order valence-corrected chi connectivity index (χ1v) is 5.55. The zero-order valence-corrected chi connectivity index (χ0v) is 9.40. The molecule has 0 aromatic carbocycles. The van der Waals surface area contributed by atoms with E-state index in [0.717, 1.165) is 0 Å². The van der Waals surface area contributed by atoms with Crippen LogP contribution in [0.25, 0.3) is 0 Å². The summed E-state index contributed by atoms with van der Waals surface area (Å²) in [7, 11) is 0. The van der Waals surface area contributed by atoms with Gasteiger partial charge in [0, 0.05) is 5.41 Å². The van der Waals surface area contributed by atoms with Gasteiger partial charge in [-0.05, 0) is 12.8 Å². The fourth-order valence-corrected chi connectivity index (χ4v) is 2.37. The summed E-state index contributed by atoms with van der Waals surface area (Å²) in [6.07, 6.45) is 1.66. The highest BCUT2D eigenvalue weighted by Crippen LogP contribution is 2.43. The highest BCUT2D eigenvalue weighted by Gasteiger charge is 2.45. The van der Waals surface area contributed by atoms with Crippen LogP contribution in [0.15, 0.2) is 6.20 Å². The van der Waals surface area contributed by atoms with E-state index in [4.69, 9.17) is 5.11 Å². The molecule has 1 aliphatic carbocycles. The van der Waals surface area contributed by atoms with Gasteiger partial charge in [-0.2, -0.15) is 0 Å². The first-order chi connectivity index (χ1) is 8.14. The van der Waals surface area contributed by atoms with Gasteiger partial charge in [0.15, 0.2) is 0 Å². The molecule has 4 N–H and O–H groups in total. The zero-order valence-electron chi connectivity index (χ0n) is 9.40. The first-order valence-electron chi connectivity index (χ1n) is 5.55. The molecule has 0 aliphatic heterocycles. The Labute approximate surface area is 98.3 Å². The van der Waals surface area contributed by atoms with Crippen LogP contribution >= 0.6 is 0 Å². The van der Waals surface area contributed by atoms with Crippen LogP contribution in [0, 0.1) is 5.41 Å². The Bertz CT molecular complexity index is 377. The Morgan fingerprint density at radius 2 is 2.00 bits per heavy atom. The first kappa shape index (κ1) is 12.4. The normalized spacial score (nSPS) is 27.5. The van der Waals surface area contributed by atoms with Gasteiger partial charge in [0.1, 0.15) is 5.69 Å². The molecule has 2 rings (SSSR count). The number of aromatic nitrogens is 3. The molecule has 7 heteroatoms. The second kappa shape index (κ2) is 4.69. The number of aliphatic hydroxyl groups is 4. The maximum Gasteiger partial charge on any atom is 0.108 e. The number of hydrogen-bond acceptors (Lipinski definition) is 6. The Morgan fingerprint density at radius 1 is 1.29 bits per heavy atom. The highest BCUT2D eigenvalue weighted by atomic mass is 16.3. The van der Waals surface area contributed by atoms with Crippen LogP contribution in [-0.2, 0) is 6.61 Å². The Hall–Kier alpha value is -1.02. The van der Waals surface area contributed by atoms with Crippen LogP contribution in [0.5, 0.6) is 0 Å². The number of aliphatic hydroxyl groups excluding tert-OH is 4. The lowest BCUT2D eigenvalue weighted by Crippen LogP contribution is -2.27. The lowest BCUT2D eigenvalue weighted by atomic mass is 9.88. The van der Waals surface area contributed by atoms with Crippen molar-refractivity contribution in [3.05, 3.63) is 11.9 Å². The summed E-state index contributed by atoms with van der Waals surface area (Å²) < 4.78 is 1.49. The number of rotatable bonds is 4. The van der Waals surface area contributed by atoms with Crippen LogP contribution in [0.1, 0.15) is 24.6 Å². The van der Waals surface area contributed by atoms with E-state index in [9.17, 15) is 15.3 Å². The standard InChI is InChI=1S/C10H17N3O4/c14-4-7-3-13(12-11-7)8-1-10(5-15,6-16)2-9(8)17/h3,8-9,14-17H,1-2,4-6H2/t8-,9-/m1/s1. The van der Waals surface area contributed by atoms with Crippen molar-refractivity contribution < 1.29 is 20.4 Å². The van der Waals surface area contributed by atoms with Gasteiger partial charge in [-0.15, -0.1) is 5.10 Å². The maximum absolute atomic E-state index is 9.95. The van der Waals surface area contributed by atoms with E-state index in [2.05, 4.69) is 10.3 Å². The zero-order chi connectivity index (χ0) is 12.5. The lowest BCUT2D eigenvalue weighted by molar-refractivity contribution is 0.0466. The number of hydrogen-bond donors (Lipinski definition) is 4. The molecule has 1 aromatic heterocycles. The molecular weight excluding hydrogens is 226 g/mol. The molecule has 0 saturated heterocycles. The molecule has 17 heavy (non-hydrogen) atoms. The molecule has 1 saturated carbocycles. The smallest absolute Gasteiger partial charge is 0.108 e. The molecule has 0 amide bonds. The third kappa shape index (κ3) is 2.19. The second-order valence-electron chi connectivity index (χ2n) is 4.71. The van der Waals surface area contributed by atoms with Gasteiger partial charge in [0.2, 0.25) is 0 Å². The third-order valence-electron chi connectivity index (χ3n) is 3.46. The third-order valence-corrected chi connectivity index (χ3v) is 3.46. The van der Waals surface area contributed by atoms with Crippen LogP contribution in [-0.4, -0.2) is 54.7 Å². The minimum Gasteiger partial charge on any atom is -0.396 e. The average Bonchev–Trinajstić information content (AvgIpc) is 2.93. The van der Waals surface area contributed by atoms with Crippen molar-refractivity contribution in [2.24, 2.45) is 5.41 Å². The van der Waals surface area contributed by atoms with E-state index in [1.165, 1.54) is 4.68 Å². The van der Waals surface area contributed by atoms with Crippen molar-refractivity contribution in [1.29, 1.82) is 0 Å². The maximum atomic E-state index is 9.95. The summed E-state index contributed by atoms with van der Waals surface area (Å²) in [5.41, 5.74) is -0.224. The molecule has 2 atom stereocenters. The van der Waals surface area contributed by atoms with Gasteiger partial charge in [0.05, 0.1) is 38.2 Å². The molecular formula is C10H17N3O4. The molecule has 0 bridgehead atoms. The summed E-state index contributed by atoms with van der Waals surface area (Å²) >= 11 is 0. The van der Waals surface area contributed by atoms with Gasteiger partial charge >= 0.3 is 0 Å². The topological polar surface area (TPSA) is 112 Å². The quantitative estimate of drug-likeness (QED) is 0.509. The molecule has 0 radical (unpaired) electrons. The van der Waals surface area contributed by atoms with E-state index < -0.39 is 11.5 Å². The van der Waals surface area contributed by atoms with Gasteiger partial charge in [-0.1, -0.05) is 5.21 Å². The van der Waals surface area contributed by atoms with Crippen molar-refractivity contribution in [3.63, 3.8) is 0 Å². The van der Waals surface area contributed by atoms with Crippen molar-refractivity contribution in [2.75, 3.05) is 13.2 Å². The molecule has 1 heterocycles. The van der Waals surface area contributed by atoms with E-state index in [1.54, 1.807) is 6.20 Å². The SMILES string of the molecule is OCc1cn([C@@H]2CC(CO)(CO)C[C@H]2O)nn1. The van der Waals surface area contributed by atoms with E-state index in [0.29, 0.717) is 18.5 Å². The monoisotopic (exact) mass is 243 g/mol. The van der Waals surface area contributed by atoms with E-state index in [1.807, 2.05) is 0 Å². The summed E-state index contributed by atoms with van der Waals surface area (Å²) in [6.45, 7) is -0.537. The van der Waals surface area contributed by atoms with Crippen molar-refractivity contribution in [1.82, 2.24) is 15.0 Å². The van der Waals surface area contributed by atoms with Crippen molar-refractivity contribution in [3.8, 4) is 0 Å². The molecule has 1 fully saturated rings. The molecule has 1 aliphatic rings. The van der Waals surface area contributed by atoms with E-state index >= 15 is 0 Å². The van der Waals surface area contributed by atoms with Gasteiger partial charge in [-0.3, -0.25) is 0 Å². The Kier molecular flexibility index (Phi) is 3.43. The second-order valence-corrected chi connectivity index (χ2v) is 4.71. The van der Waals surface area contributed by atoms with Gasteiger partial charge in [0.25, 0.3) is 0 Å². The van der Waals surface area contributed by atoms with Crippen LogP contribution in [0.2, 0.25) is 0 Å². The minimum absolute atomic E-state index is 0.168. The molecule has 1 aromatic rings. The summed E-state index contributed by atoms with van der Waals surface area (Å²) in [4.78, 5) is 0. The molecule has 0 spiro atoms. The van der Waals surface area contributed by atoms with Crippen LogP contribution < -0.4 is 0 Å². The van der Waals surface area contributed by atoms with Gasteiger partial charge < -0.3 is 20.4 Å². The highest BCUT2D eigenvalue weighted by molar-refractivity contribution is 4.99. The Morgan fingerprint density at radius 3 is 2.47 bits per heavy atom. The van der Waals surface area contributed by atoms with Crippen molar-refractivity contribution >= 4 is 0 Å². The Balaban J connectivity index is 2.17. The van der Waals surface area contributed by atoms with Crippen LogP contribution in [0.4, 0.5) is 0 Å². The fourth-order valence-electron chi connectivity index (χ4n) is 2.37. The van der Waals surface area contributed by atoms with Gasteiger partial charge in [-0.25, -0.2) is 4.68 Å². The van der Waals surface area contributed by atoms with E-state index in [-0.39, 0.29) is 25.9 Å². The predicted molar refractivity (Wildman–Crippen MR) is 56.8 cm³/mol. The fraction of sp³-hybridized carbons (Fsp3) is 0.800. The lowest BCUT2D eigenvalue weighted by Gasteiger charge is -2.23.